The molecule has 0 heterocycles. The van der Waals surface area contributed by atoms with E-state index >= 15 is 0 Å². The molecule has 1 aromatic carbocycles. The third-order valence-corrected chi connectivity index (χ3v) is 8.70. The van der Waals surface area contributed by atoms with Crippen molar-refractivity contribution < 1.29 is 39.6 Å². The van der Waals surface area contributed by atoms with Gasteiger partial charge >= 0.3 is 0 Å². The average molecular weight is 585 g/mol. The van der Waals surface area contributed by atoms with Crippen molar-refractivity contribution in [2.24, 2.45) is 23.0 Å². The molecule has 12 nitrogen and oxygen atoms in total. The number of aromatic hydroxyl groups is 1. The lowest BCUT2D eigenvalue weighted by Gasteiger charge is -2.50. The van der Waals surface area contributed by atoms with Gasteiger partial charge in [-0.1, -0.05) is 20.8 Å². The van der Waals surface area contributed by atoms with Crippen molar-refractivity contribution in [1.29, 1.82) is 0 Å². The van der Waals surface area contributed by atoms with Gasteiger partial charge in [0.25, 0.3) is 5.91 Å². The first kappa shape index (κ1) is 31.2. The zero-order chi connectivity index (χ0) is 31.6. The van der Waals surface area contributed by atoms with Crippen molar-refractivity contribution in [3.8, 4) is 5.75 Å². The van der Waals surface area contributed by atoms with Gasteiger partial charge in [0.1, 0.15) is 22.8 Å². The van der Waals surface area contributed by atoms with Crippen LogP contribution in [0.2, 0.25) is 0 Å². The number of nitrogens with one attached hydrogen (secondary N) is 1. The van der Waals surface area contributed by atoms with Crippen LogP contribution in [-0.2, 0) is 32.1 Å². The highest BCUT2D eigenvalue weighted by Crippen LogP contribution is 2.54. The first-order chi connectivity index (χ1) is 19.3. The van der Waals surface area contributed by atoms with Crippen LogP contribution in [0.3, 0.4) is 0 Å². The maximum Gasteiger partial charge on any atom is 0.255 e. The molecule has 0 aromatic heterocycles. The molecule has 0 unspecified atom stereocenters. The standard InChI is InChI=1S/C30H40N4O8/c1-29(2,3)18(35)12-32-11-14-10-17(33(4)5)15-8-13-9-16-22(34(6)7)25(38)21(28(31)41)27(40)30(16,42)26(39)19(13)24(37)20(15)23(14)36/h10,13,16,22,32,36-37,40,42H,8-9,11-12H2,1-7H3,(H2,31,41)/t13-,16-,22-,30-/m0/s1. The lowest BCUT2D eigenvalue weighted by Crippen LogP contribution is -2.65. The monoisotopic (exact) mass is 584 g/mol. The minimum atomic E-state index is -2.70. The molecule has 4 rings (SSSR count). The van der Waals surface area contributed by atoms with Crippen molar-refractivity contribution in [3.63, 3.8) is 0 Å². The number of likely N-dealkylation sites (N-methyl/N-ethyl adjacent to an activating group) is 1. The summed E-state index contributed by atoms with van der Waals surface area (Å²) in [6, 6.07) is 0.607. The Morgan fingerprint density at radius 3 is 2.26 bits per heavy atom. The SMILES string of the molecule is CN(C)c1cc(CNCC(=O)C(C)(C)C)c(O)c2c1C[C@H]1C[C@H]3[C@H](N(C)C)C(=O)C(C(N)=O)=C(O)[C@@]3(O)C(=O)C1=C2O. The molecule has 0 radical (unpaired) electrons. The number of nitrogens with zero attached hydrogens (tertiary/aromatic N) is 2. The molecule has 1 amide bonds. The van der Waals surface area contributed by atoms with Gasteiger partial charge in [-0.05, 0) is 44.5 Å². The number of rotatable bonds is 7. The van der Waals surface area contributed by atoms with Gasteiger partial charge < -0.3 is 36.4 Å². The predicted octanol–water partition coefficient (Wildman–Crippen LogP) is 0.735. The Balaban J connectivity index is 1.87. The van der Waals surface area contributed by atoms with E-state index in [0.29, 0.717) is 16.8 Å². The molecule has 0 saturated heterocycles. The van der Waals surface area contributed by atoms with E-state index in [1.54, 1.807) is 55.0 Å². The van der Waals surface area contributed by atoms with Crippen molar-refractivity contribution in [2.45, 2.75) is 51.8 Å². The fourth-order valence-electron chi connectivity index (χ4n) is 6.46. The fourth-order valence-corrected chi connectivity index (χ4v) is 6.46. The van der Waals surface area contributed by atoms with E-state index in [-0.39, 0.29) is 48.6 Å². The summed E-state index contributed by atoms with van der Waals surface area (Å²) in [6.45, 7) is 5.56. The Hall–Kier alpha value is -3.74. The molecule has 0 bridgehead atoms. The molecule has 7 N–H and O–H groups in total. The summed E-state index contributed by atoms with van der Waals surface area (Å²) in [5.41, 5.74) is 2.68. The highest BCUT2D eigenvalue weighted by molar-refractivity contribution is 6.24. The summed E-state index contributed by atoms with van der Waals surface area (Å²) < 4.78 is 0. The summed E-state index contributed by atoms with van der Waals surface area (Å²) >= 11 is 0. The summed E-state index contributed by atoms with van der Waals surface area (Å²) in [5, 5.41) is 48.7. The smallest absolute Gasteiger partial charge is 0.255 e. The number of primary amides is 1. The maximum absolute atomic E-state index is 14.1. The molecular formula is C30H40N4O8. The second-order valence-corrected chi connectivity index (χ2v) is 12.9. The highest BCUT2D eigenvalue weighted by Gasteiger charge is 2.64. The number of aliphatic hydroxyl groups is 3. The van der Waals surface area contributed by atoms with Crippen LogP contribution in [0.5, 0.6) is 5.75 Å². The third kappa shape index (κ3) is 4.67. The normalized spacial score (nSPS) is 25.8. The van der Waals surface area contributed by atoms with Gasteiger partial charge in [-0.2, -0.15) is 0 Å². The van der Waals surface area contributed by atoms with Gasteiger partial charge in [-0.3, -0.25) is 24.1 Å². The van der Waals surface area contributed by atoms with Crippen molar-refractivity contribution in [3.05, 3.63) is 39.7 Å². The molecule has 1 aromatic rings. The molecular weight excluding hydrogens is 544 g/mol. The molecule has 4 atom stereocenters. The van der Waals surface area contributed by atoms with E-state index in [1.165, 1.54) is 4.90 Å². The topological polar surface area (TPSA) is 194 Å². The van der Waals surface area contributed by atoms with Crippen LogP contribution < -0.4 is 16.0 Å². The van der Waals surface area contributed by atoms with Crippen LogP contribution in [0.25, 0.3) is 5.76 Å². The quantitative estimate of drug-likeness (QED) is 0.248. The number of fused-ring (bicyclic) bond motifs is 3. The molecule has 1 fully saturated rings. The van der Waals surface area contributed by atoms with Crippen molar-refractivity contribution >= 4 is 34.7 Å². The van der Waals surface area contributed by atoms with E-state index in [0.717, 1.165) is 0 Å². The Labute approximate surface area is 244 Å². The number of aliphatic hydroxyl groups excluding tert-OH is 2. The number of anilines is 1. The summed E-state index contributed by atoms with van der Waals surface area (Å²) in [6.07, 6.45) is 0.198. The van der Waals surface area contributed by atoms with Gasteiger partial charge in [0, 0.05) is 48.8 Å². The predicted molar refractivity (Wildman–Crippen MR) is 155 cm³/mol. The minimum Gasteiger partial charge on any atom is -0.508 e. The zero-order valence-electron chi connectivity index (χ0n) is 25.0. The summed E-state index contributed by atoms with van der Waals surface area (Å²) in [4.78, 5) is 55.1. The van der Waals surface area contributed by atoms with E-state index in [4.69, 9.17) is 5.73 Å². The molecule has 12 heteroatoms. The van der Waals surface area contributed by atoms with E-state index in [2.05, 4.69) is 5.32 Å². The number of ketones is 3. The molecule has 0 aliphatic heterocycles. The van der Waals surface area contributed by atoms with Gasteiger partial charge in [0.2, 0.25) is 5.78 Å². The van der Waals surface area contributed by atoms with Crippen LogP contribution in [0.4, 0.5) is 5.69 Å². The molecule has 3 aliphatic rings. The summed E-state index contributed by atoms with van der Waals surface area (Å²) in [7, 11) is 6.70. The number of carbonyl (C=O) groups excluding carboxylic acids is 4. The fraction of sp³-hybridized carbons (Fsp3) is 0.533. The first-order valence-electron chi connectivity index (χ1n) is 13.8. The number of Topliss-reactive ketones (excluding diaryl/α,β-unsaturated/α-hetero) is 3. The number of phenols is 1. The van der Waals surface area contributed by atoms with E-state index < -0.39 is 63.5 Å². The second kappa shape index (κ2) is 10.5. The number of amides is 1. The molecule has 0 spiro atoms. The lowest BCUT2D eigenvalue weighted by molar-refractivity contribution is -0.153. The first-order valence-corrected chi connectivity index (χ1v) is 13.8. The molecule has 1 saturated carbocycles. The van der Waals surface area contributed by atoms with Gasteiger partial charge in [-0.25, -0.2) is 0 Å². The second-order valence-electron chi connectivity index (χ2n) is 12.9. The van der Waals surface area contributed by atoms with Crippen LogP contribution in [0.1, 0.15) is 43.9 Å². The van der Waals surface area contributed by atoms with Gasteiger partial charge in [0.15, 0.2) is 17.2 Å². The number of nitrogens with two attached hydrogens (primary N) is 1. The number of phenolic OH excluding ortho intramolecular Hbond substituents is 1. The number of hydrogen-bond acceptors (Lipinski definition) is 11. The number of hydrogen-bond donors (Lipinski definition) is 6. The van der Waals surface area contributed by atoms with Gasteiger partial charge in [-0.15, -0.1) is 0 Å². The van der Waals surface area contributed by atoms with Crippen LogP contribution in [-0.4, -0.2) is 95.0 Å². The van der Waals surface area contributed by atoms with Crippen LogP contribution in [0, 0.1) is 17.3 Å². The number of carbonyl (C=O) groups is 4. The maximum atomic E-state index is 14.1. The lowest BCUT2D eigenvalue weighted by atomic mass is 9.57. The minimum absolute atomic E-state index is 0.0106. The Morgan fingerprint density at radius 1 is 1.12 bits per heavy atom. The van der Waals surface area contributed by atoms with Crippen LogP contribution >= 0.6 is 0 Å². The van der Waals surface area contributed by atoms with E-state index in [9.17, 15) is 39.6 Å². The molecule has 42 heavy (non-hydrogen) atoms. The third-order valence-electron chi connectivity index (χ3n) is 8.70. The van der Waals surface area contributed by atoms with Crippen LogP contribution in [0.15, 0.2) is 23.0 Å². The Kier molecular flexibility index (Phi) is 7.81. The van der Waals surface area contributed by atoms with Gasteiger partial charge in [0.05, 0.1) is 18.2 Å². The Morgan fingerprint density at radius 2 is 1.74 bits per heavy atom. The molecule has 228 valence electrons. The van der Waals surface area contributed by atoms with E-state index in [1.807, 2.05) is 4.90 Å². The Bertz CT molecular complexity index is 1450. The zero-order valence-corrected chi connectivity index (χ0v) is 25.0. The highest BCUT2D eigenvalue weighted by atomic mass is 16.3. The summed E-state index contributed by atoms with van der Waals surface area (Å²) in [5.74, 6) is -6.95. The number of benzene rings is 1. The van der Waals surface area contributed by atoms with Crippen molar-refractivity contribution in [1.82, 2.24) is 10.2 Å². The average Bonchev–Trinajstić information content (AvgIpc) is 2.86. The largest absolute Gasteiger partial charge is 0.508 e. The van der Waals surface area contributed by atoms with Crippen molar-refractivity contribution in [2.75, 3.05) is 39.6 Å². The molecule has 3 aliphatic carbocycles.